The summed E-state index contributed by atoms with van der Waals surface area (Å²) in [7, 11) is 0. The molecule has 1 aliphatic rings. The van der Waals surface area contributed by atoms with E-state index in [1.807, 2.05) is 0 Å². The molecule has 2 rings (SSSR count). The number of benzene rings is 1. The van der Waals surface area contributed by atoms with E-state index in [0.29, 0.717) is 22.0 Å². The molecule has 4 nitrogen and oxygen atoms in total. The molecule has 0 bridgehead atoms. The van der Waals surface area contributed by atoms with Crippen LogP contribution in [0.25, 0.3) is 0 Å². The predicted molar refractivity (Wildman–Crippen MR) is 77.2 cm³/mol. The Bertz CT molecular complexity index is 617. The van der Waals surface area contributed by atoms with Gasteiger partial charge in [0.25, 0.3) is 5.91 Å². The second kappa shape index (κ2) is 5.51. The molecule has 1 aromatic carbocycles. The zero-order chi connectivity index (χ0) is 14.9. The first-order valence-corrected chi connectivity index (χ1v) is 6.54. The van der Waals surface area contributed by atoms with Crippen molar-refractivity contribution >= 4 is 29.2 Å². The highest BCUT2D eigenvalue weighted by atomic mass is 35.5. The van der Waals surface area contributed by atoms with Gasteiger partial charge in [-0.15, -0.1) is 0 Å². The topological polar surface area (TPSA) is 46.6 Å². The number of ether oxygens (including phenoxy) is 1. The van der Waals surface area contributed by atoms with Crippen molar-refractivity contribution in [2.45, 2.75) is 20.3 Å². The first kappa shape index (κ1) is 14.3. The quantitative estimate of drug-likeness (QED) is 0.802. The lowest BCUT2D eigenvalue weighted by Gasteiger charge is -2.18. The van der Waals surface area contributed by atoms with E-state index in [1.54, 1.807) is 38.1 Å². The molecule has 0 unspecified atom stereocenters. The van der Waals surface area contributed by atoms with Crippen LogP contribution >= 0.6 is 11.6 Å². The molecule has 1 aromatic rings. The van der Waals surface area contributed by atoms with Crippen LogP contribution in [-0.4, -0.2) is 11.9 Å². The van der Waals surface area contributed by atoms with E-state index < -0.39 is 11.9 Å². The van der Waals surface area contributed by atoms with Crippen LogP contribution in [0.4, 0.5) is 5.69 Å². The van der Waals surface area contributed by atoms with Crippen molar-refractivity contribution in [2.24, 2.45) is 0 Å². The highest BCUT2D eigenvalue weighted by Gasteiger charge is 2.35. The highest BCUT2D eigenvalue weighted by Crippen LogP contribution is 2.33. The summed E-state index contributed by atoms with van der Waals surface area (Å²) in [6, 6.07) is 6.79. The fourth-order valence-corrected chi connectivity index (χ4v) is 1.98. The van der Waals surface area contributed by atoms with E-state index in [1.165, 1.54) is 4.90 Å². The van der Waals surface area contributed by atoms with Gasteiger partial charge in [0.2, 0.25) is 5.76 Å². The molecule has 0 radical (unpaired) electrons. The number of carbonyl (C=O) groups excluding carboxylic acids is 2. The first-order chi connectivity index (χ1) is 9.45. The van der Waals surface area contributed by atoms with Crippen molar-refractivity contribution in [1.29, 1.82) is 0 Å². The minimum absolute atomic E-state index is 0.0387. The van der Waals surface area contributed by atoms with Crippen molar-refractivity contribution in [2.75, 3.05) is 4.90 Å². The van der Waals surface area contributed by atoms with Crippen LogP contribution in [0.2, 0.25) is 5.02 Å². The largest absolute Gasteiger partial charge is 0.420 e. The number of hydrogen-bond donors (Lipinski definition) is 0. The van der Waals surface area contributed by atoms with Crippen molar-refractivity contribution in [1.82, 2.24) is 0 Å². The lowest BCUT2D eigenvalue weighted by Crippen LogP contribution is -2.26. The maximum absolute atomic E-state index is 12.4. The van der Waals surface area contributed by atoms with Crippen LogP contribution in [0.15, 0.2) is 47.9 Å². The summed E-state index contributed by atoms with van der Waals surface area (Å²) < 4.78 is 5.09. The number of rotatable bonds is 3. The standard InChI is InChI=1S/C15H14ClNO3/c1-4-13(18)20-14-9(2)10(3)17(15(14)19)12-7-5-11(16)6-8-12/h5-8H,3-4H2,1-2H3. The molecule has 0 N–H and O–H groups in total. The zero-order valence-electron chi connectivity index (χ0n) is 11.3. The Kier molecular flexibility index (Phi) is 3.95. The van der Waals surface area contributed by atoms with Gasteiger partial charge in [-0.1, -0.05) is 25.1 Å². The Hall–Kier alpha value is -2.07. The van der Waals surface area contributed by atoms with Crippen LogP contribution in [0.5, 0.6) is 0 Å². The van der Waals surface area contributed by atoms with E-state index >= 15 is 0 Å². The van der Waals surface area contributed by atoms with E-state index in [-0.39, 0.29) is 12.2 Å². The zero-order valence-corrected chi connectivity index (χ0v) is 12.0. The molecule has 0 aliphatic carbocycles. The number of halogens is 1. The Morgan fingerprint density at radius 1 is 1.35 bits per heavy atom. The van der Waals surface area contributed by atoms with Crippen molar-refractivity contribution < 1.29 is 14.3 Å². The minimum atomic E-state index is -0.446. The lowest BCUT2D eigenvalue weighted by atomic mass is 10.2. The molecule has 20 heavy (non-hydrogen) atoms. The average molecular weight is 292 g/mol. The van der Waals surface area contributed by atoms with Gasteiger partial charge in [-0.2, -0.15) is 0 Å². The molecular weight excluding hydrogens is 278 g/mol. The maximum atomic E-state index is 12.4. The van der Waals surface area contributed by atoms with Gasteiger partial charge in [-0.3, -0.25) is 14.5 Å². The lowest BCUT2D eigenvalue weighted by molar-refractivity contribution is -0.141. The molecule has 1 heterocycles. The van der Waals surface area contributed by atoms with Crippen LogP contribution in [0.1, 0.15) is 20.3 Å². The fraction of sp³-hybridized carbons (Fsp3) is 0.200. The molecular formula is C15H14ClNO3. The van der Waals surface area contributed by atoms with E-state index in [9.17, 15) is 9.59 Å². The van der Waals surface area contributed by atoms with Crippen LogP contribution in [0.3, 0.4) is 0 Å². The van der Waals surface area contributed by atoms with Crippen molar-refractivity contribution in [3.8, 4) is 0 Å². The van der Waals surface area contributed by atoms with E-state index in [2.05, 4.69) is 6.58 Å². The smallest absolute Gasteiger partial charge is 0.311 e. The summed E-state index contributed by atoms with van der Waals surface area (Å²) in [5.41, 5.74) is 1.69. The summed E-state index contributed by atoms with van der Waals surface area (Å²) in [6.07, 6.45) is 0.206. The molecule has 104 valence electrons. The van der Waals surface area contributed by atoms with Gasteiger partial charge in [0.15, 0.2) is 0 Å². The summed E-state index contributed by atoms with van der Waals surface area (Å²) in [5, 5.41) is 0.577. The fourth-order valence-electron chi connectivity index (χ4n) is 1.85. The highest BCUT2D eigenvalue weighted by molar-refractivity contribution is 6.30. The van der Waals surface area contributed by atoms with Gasteiger partial charge in [0.1, 0.15) is 0 Å². The molecule has 0 saturated heterocycles. The predicted octanol–water partition coefficient (Wildman–Crippen LogP) is 3.43. The number of allylic oxidation sites excluding steroid dienone is 1. The summed E-state index contributed by atoms with van der Waals surface area (Å²) >= 11 is 5.83. The molecule has 5 heteroatoms. The van der Waals surface area contributed by atoms with Crippen LogP contribution in [0, 0.1) is 0 Å². The second-order valence-corrected chi connectivity index (χ2v) is 4.78. The minimum Gasteiger partial charge on any atom is -0.420 e. The van der Waals surface area contributed by atoms with E-state index in [0.717, 1.165) is 0 Å². The number of nitrogens with zero attached hydrogens (tertiary/aromatic N) is 1. The number of amides is 1. The third-order valence-corrected chi connectivity index (χ3v) is 3.28. The SMILES string of the molecule is C=C1C(C)=C(OC(=O)CC)C(=O)N1c1ccc(Cl)cc1. The van der Waals surface area contributed by atoms with Gasteiger partial charge in [0.05, 0.1) is 0 Å². The third kappa shape index (κ3) is 2.47. The number of anilines is 1. The normalized spacial score (nSPS) is 15.1. The van der Waals surface area contributed by atoms with E-state index in [4.69, 9.17) is 16.3 Å². The number of esters is 1. The molecule has 0 fully saturated rings. The monoisotopic (exact) mass is 291 g/mol. The Labute approximate surface area is 122 Å². The molecule has 0 atom stereocenters. The van der Waals surface area contributed by atoms with Gasteiger partial charge < -0.3 is 4.74 Å². The van der Waals surface area contributed by atoms with Crippen LogP contribution < -0.4 is 4.90 Å². The summed E-state index contributed by atoms with van der Waals surface area (Å²) in [6.45, 7) is 7.25. The Morgan fingerprint density at radius 2 is 1.95 bits per heavy atom. The molecule has 0 aromatic heterocycles. The second-order valence-electron chi connectivity index (χ2n) is 4.35. The van der Waals surface area contributed by atoms with Gasteiger partial charge in [-0.05, 0) is 31.2 Å². The Balaban J connectivity index is 2.32. The average Bonchev–Trinajstić information content (AvgIpc) is 2.64. The summed E-state index contributed by atoms with van der Waals surface area (Å²) in [5.74, 6) is -0.799. The molecule has 1 amide bonds. The number of hydrogen-bond acceptors (Lipinski definition) is 3. The van der Waals surface area contributed by atoms with Crippen molar-refractivity contribution in [3.05, 3.63) is 52.9 Å². The summed E-state index contributed by atoms with van der Waals surface area (Å²) in [4.78, 5) is 25.1. The third-order valence-electron chi connectivity index (χ3n) is 3.03. The Morgan fingerprint density at radius 3 is 2.50 bits per heavy atom. The van der Waals surface area contributed by atoms with Gasteiger partial charge in [-0.25, -0.2) is 0 Å². The van der Waals surface area contributed by atoms with Gasteiger partial charge in [0, 0.05) is 28.4 Å². The van der Waals surface area contributed by atoms with Crippen molar-refractivity contribution in [3.63, 3.8) is 0 Å². The maximum Gasteiger partial charge on any atom is 0.311 e. The molecule has 1 aliphatic heterocycles. The van der Waals surface area contributed by atoms with Gasteiger partial charge >= 0.3 is 5.97 Å². The molecule has 0 spiro atoms. The molecule has 0 saturated carbocycles. The first-order valence-electron chi connectivity index (χ1n) is 6.16. The number of carbonyl (C=O) groups is 2. The van der Waals surface area contributed by atoms with Crippen LogP contribution in [-0.2, 0) is 14.3 Å².